The van der Waals surface area contributed by atoms with Gasteiger partial charge in [0.05, 0.1) is 0 Å². The fraction of sp³-hybridized carbons (Fsp3) is 0.680. The number of nitrogens with zero attached hydrogens (tertiary/aromatic N) is 1. The predicted octanol–water partition coefficient (Wildman–Crippen LogP) is 7.18. The van der Waals surface area contributed by atoms with Crippen LogP contribution in [0.4, 0.5) is 0 Å². The molecule has 0 bridgehead atoms. The molecule has 0 aromatic heterocycles. The SMILES string of the molecule is CC(C)[Si](OCCC[C@H]1C=CC[C@@H](C)N1Cc1ccccc1)(C(C)C)C(C)C. The summed E-state index contributed by atoms with van der Waals surface area (Å²) in [6.45, 7) is 18.6. The summed E-state index contributed by atoms with van der Waals surface area (Å²) in [7, 11) is -1.74. The summed E-state index contributed by atoms with van der Waals surface area (Å²) in [5.41, 5.74) is 3.40. The number of hydrogen-bond donors (Lipinski definition) is 0. The monoisotopic (exact) mass is 401 g/mol. The zero-order valence-corrected chi connectivity index (χ0v) is 20.3. The average molecular weight is 402 g/mol. The quantitative estimate of drug-likeness (QED) is 0.234. The third-order valence-electron chi connectivity index (χ3n) is 6.74. The van der Waals surface area contributed by atoms with E-state index in [0.29, 0.717) is 28.7 Å². The van der Waals surface area contributed by atoms with E-state index in [1.807, 2.05) is 0 Å². The maximum Gasteiger partial charge on any atom is 0.200 e. The van der Waals surface area contributed by atoms with Gasteiger partial charge >= 0.3 is 0 Å². The Labute approximate surface area is 175 Å². The van der Waals surface area contributed by atoms with Gasteiger partial charge in [0, 0.05) is 25.2 Å². The molecule has 0 radical (unpaired) electrons. The van der Waals surface area contributed by atoms with Gasteiger partial charge in [0.1, 0.15) is 0 Å². The minimum atomic E-state index is -1.74. The third-order valence-corrected chi connectivity index (χ3v) is 12.9. The lowest BCUT2D eigenvalue weighted by Gasteiger charge is -2.42. The third kappa shape index (κ3) is 5.58. The molecule has 2 atom stereocenters. The van der Waals surface area contributed by atoms with Gasteiger partial charge < -0.3 is 4.43 Å². The summed E-state index contributed by atoms with van der Waals surface area (Å²) < 4.78 is 6.78. The van der Waals surface area contributed by atoms with Crippen molar-refractivity contribution in [3.05, 3.63) is 48.0 Å². The van der Waals surface area contributed by atoms with Crippen molar-refractivity contribution in [3.63, 3.8) is 0 Å². The lowest BCUT2D eigenvalue weighted by atomic mass is 9.99. The van der Waals surface area contributed by atoms with Crippen LogP contribution in [0.3, 0.4) is 0 Å². The van der Waals surface area contributed by atoms with Crippen LogP contribution in [0.5, 0.6) is 0 Å². The molecule has 1 aromatic carbocycles. The summed E-state index contributed by atoms with van der Waals surface area (Å²) in [4.78, 5) is 2.67. The van der Waals surface area contributed by atoms with Gasteiger partial charge in [-0.05, 0) is 48.4 Å². The van der Waals surface area contributed by atoms with Crippen molar-refractivity contribution in [3.8, 4) is 0 Å². The Bertz CT molecular complexity index is 574. The number of benzene rings is 1. The largest absolute Gasteiger partial charge is 0.416 e. The van der Waals surface area contributed by atoms with Crippen LogP contribution in [-0.2, 0) is 11.0 Å². The lowest BCUT2D eigenvalue weighted by molar-refractivity contribution is 0.137. The smallest absolute Gasteiger partial charge is 0.200 e. The van der Waals surface area contributed by atoms with E-state index in [1.54, 1.807) is 0 Å². The van der Waals surface area contributed by atoms with E-state index < -0.39 is 8.32 Å². The summed E-state index contributed by atoms with van der Waals surface area (Å²) in [6.07, 6.45) is 8.30. The fourth-order valence-corrected chi connectivity index (χ4v) is 10.9. The van der Waals surface area contributed by atoms with Crippen molar-refractivity contribution < 1.29 is 4.43 Å². The van der Waals surface area contributed by atoms with Crippen LogP contribution in [0, 0.1) is 0 Å². The Morgan fingerprint density at radius 2 is 1.61 bits per heavy atom. The Kier molecular flexibility index (Phi) is 8.98. The Hall–Kier alpha value is -0.903. The van der Waals surface area contributed by atoms with Gasteiger partial charge in [-0.3, -0.25) is 4.90 Å². The molecule has 158 valence electrons. The summed E-state index contributed by atoms with van der Waals surface area (Å²) in [6, 6.07) is 12.0. The van der Waals surface area contributed by atoms with Crippen molar-refractivity contribution >= 4 is 8.32 Å². The first-order chi connectivity index (χ1) is 13.3. The van der Waals surface area contributed by atoms with E-state index >= 15 is 0 Å². The van der Waals surface area contributed by atoms with E-state index in [9.17, 15) is 0 Å². The molecular formula is C25H43NOSi. The normalized spacial score (nSPS) is 21.2. The molecule has 0 unspecified atom stereocenters. The minimum absolute atomic E-state index is 0.528. The molecule has 0 N–H and O–H groups in total. The molecule has 0 aliphatic carbocycles. The Balaban J connectivity index is 1.96. The zero-order chi connectivity index (χ0) is 20.7. The second-order valence-electron chi connectivity index (χ2n) is 9.55. The Morgan fingerprint density at radius 3 is 2.18 bits per heavy atom. The average Bonchev–Trinajstić information content (AvgIpc) is 2.64. The number of rotatable bonds is 10. The second kappa shape index (κ2) is 10.8. The molecule has 0 fully saturated rings. The van der Waals surface area contributed by atoms with Crippen LogP contribution in [-0.4, -0.2) is 31.9 Å². The van der Waals surface area contributed by atoms with Crippen LogP contribution >= 0.6 is 0 Å². The van der Waals surface area contributed by atoms with Gasteiger partial charge in [-0.15, -0.1) is 0 Å². The predicted molar refractivity (Wildman–Crippen MR) is 125 cm³/mol. The molecule has 1 aliphatic heterocycles. The van der Waals surface area contributed by atoms with E-state index in [2.05, 4.69) is 95.8 Å². The second-order valence-corrected chi connectivity index (χ2v) is 15.0. The van der Waals surface area contributed by atoms with Crippen molar-refractivity contribution in [2.75, 3.05) is 6.61 Å². The topological polar surface area (TPSA) is 12.5 Å². The van der Waals surface area contributed by atoms with Gasteiger partial charge in [-0.1, -0.05) is 84.0 Å². The zero-order valence-electron chi connectivity index (χ0n) is 19.3. The highest BCUT2D eigenvalue weighted by Crippen LogP contribution is 2.42. The summed E-state index contributed by atoms with van der Waals surface area (Å²) >= 11 is 0. The highest BCUT2D eigenvalue weighted by molar-refractivity contribution is 6.77. The molecule has 3 heteroatoms. The van der Waals surface area contributed by atoms with Crippen LogP contribution in [0.15, 0.2) is 42.5 Å². The van der Waals surface area contributed by atoms with Gasteiger partial charge in [0.15, 0.2) is 8.32 Å². The lowest BCUT2D eigenvalue weighted by Crippen LogP contribution is -2.48. The molecule has 0 amide bonds. The molecule has 0 saturated carbocycles. The molecule has 2 nitrogen and oxygen atoms in total. The first-order valence-corrected chi connectivity index (χ1v) is 13.5. The first-order valence-electron chi connectivity index (χ1n) is 11.4. The van der Waals surface area contributed by atoms with Gasteiger partial charge in [-0.2, -0.15) is 0 Å². The molecule has 1 heterocycles. The minimum Gasteiger partial charge on any atom is -0.416 e. The van der Waals surface area contributed by atoms with Gasteiger partial charge in [0.2, 0.25) is 0 Å². The van der Waals surface area contributed by atoms with Crippen molar-refractivity contribution in [1.29, 1.82) is 0 Å². The molecule has 2 rings (SSSR count). The summed E-state index contributed by atoms with van der Waals surface area (Å²) in [5.74, 6) is 0. The number of hydrogen-bond acceptors (Lipinski definition) is 2. The first kappa shape index (κ1) is 23.4. The maximum absolute atomic E-state index is 6.78. The standard InChI is InChI=1S/C25H43NOSi/c1-20(2)28(21(3)4,22(5)6)27-18-12-17-25-16-11-13-23(7)26(25)19-24-14-9-8-10-15-24/h8-11,14-16,20-23,25H,12-13,17-19H2,1-7H3/t23-,25-/m1/s1. The molecular weight excluding hydrogens is 358 g/mol. The van der Waals surface area contributed by atoms with Crippen molar-refractivity contribution in [2.45, 2.75) is 103 Å². The molecule has 28 heavy (non-hydrogen) atoms. The molecule has 1 aliphatic rings. The van der Waals surface area contributed by atoms with E-state index in [4.69, 9.17) is 4.43 Å². The van der Waals surface area contributed by atoms with E-state index in [-0.39, 0.29) is 0 Å². The Morgan fingerprint density at radius 1 is 1.00 bits per heavy atom. The van der Waals surface area contributed by atoms with Gasteiger partial charge in [0.25, 0.3) is 0 Å². The highest BCUT2D eigenvalue weighted by Gasteiger charge is 2.44. The van der Waals surface area contributed by atoms with Crippen LogP contribution in [0.25, 0.3) is 0 Å². The summed E-state index contributed by atoms with van der Waals surface area (Å²) in [5, 5.41) is 0. The van der Waals surface area contributed by atoms with E-state index in [0.717, 1.165) is 26.0 Å². The molecule has 0 spiro atoms. The van der Waals surface area contributed by atoms with E-state index in [1.165, 1.54) is 12.0 Å². The molecule has 1 aromatic rings. The molecule has 0 saturated heterocycles. The van der Waals surface area contributed by atoms with Crippen LogP contribution in [0.1, 0.15) is 73.3 Å². The van der Waals surface area contributed by atoms with Crippen LogP contribution in [0.2, 0.25) is 16.6 Å². The fourth-order valence-electron chi connectivity index (χ4n) is 5.38. The highest BCUT2D eigenvalue weighted by atomic mass is 28.4. The van der Waals surface area contributed by atoms with Crippen molar-refractivity contribution in [1.82, 2.24) is 4.90 Å². The maximum atomic E-state index is 6.78. The van der Waals surface area contributed by atoms with Crippen molar-refractivity contribution in [2.24, 2.45) is 0 Å². The van der Waals surface area contributed by atoms with Crippen LogP contribution < -0.4 is 0 Å². The van der Waals surface area contributed by atoms with Gasteiger partial charge in [-0.25, -0.2) is 0 Å².